The van der Waals surface area contributed by atoms with E-state index >= 15 is 0 Å². The Labute approximate surface area is 126 Å². The third kappa shape index (κ3) is 3.05. The van der Waals surface area contributed by atoms with Crippen molar-refractivity contribution in [1.82, 2.24) is 5.32 Å². The van der Waals surface area contributed by atoms with Gasteiger partial charge in [0, 0.05) is 10.6 Å². The fraction of sp³-hybridized carbons (Fsp3) is 0.333. The molecule has 0 aliphatic carbocycles. The second-order valence-corrected chi connectivity index (χ2v) is 5.94. The van der Waals surface area contributed by atoms with Crippen LogP contribution in [0.5, 0.6) is 0 Å². The van der Waals surface area contributed by atoms with Crippen LogP contribution >= 0.6 is 11.6 Å². The van der Waals surface area contributed by atoms with Gasteiger partial charge in [0.1, 0.15) is 0 Å². The van der Waals surface area contributed by atoms with Crippen molar-refractivity contribution in [1.29, 1.82) is 0 Å². The minimum absolute atomic E-state index is 0.792. The van der Waals surface area contributed by atoms with Gasteiger partial charge in [0.2, 0.25) is 0 Å². The molecule has 1 aliphatic heterocycles. The molecule has 1 heterocycles. The molecule has 0 atom stereocenters. The molecule has 20 heavy (non-hydrogen) atoms. The van der Waals surface area contributed by atoms with Crippen molar-refractivity contribution in [3.05, 3.63) is 59.1 Å². The molecular weight excluding hydrogens is 266 g/mol. The van der Waals surface area contributed by atoms with E-state index in [1.807, 2.05) is 12.1 Å². The van der Waals surface area contributed by atoms with E-state index in [1.54, 1.807) is 0 Å². The average molecular weight is 286 g/mol. The fourth-order valence-corrected chi connectivity index (χ4v) is 3.28. The highest BCUT2D eigenvalue weighted by molar-refractivity contribution is 6.33. The summed E-state index contributed by atoms with van der Waals surface area (Å²) in [7, 11) is 0. The number of hydrogen-bond donors (Lipinski definition) is 1. The van der Waals surface area contributed by atoms with Gasteiger partial charge in [-0.3, -0.25) is 0 Å². The quantitative estimate of drug-likeness (QED) is 0.872. The number of rotatable bonds is 3. The van der Waals surface area contributed by atoms with E-state index in [0.717, 1.165) is 36.0 Å². The first-order valence-electron chi connectivity index (χ1n) is 7.38. The Kier molecular flexibility index (Phi) is 4.39. The highest BCUT2D eigenvalue weighted by atomic mass is 35.5. The van der Waals surface area contributed by atoms with Crippen molar-refractivity contribution < 1.29 is 0 Å². The number of benzene rings is 2. The lowest BCUT2D eigenvalue weighted by molar-refractivity contribution is 0.373. The van der Waals surface area contributed by atoms with Gasteiger partial charge in [0.25, 0.3) is 0 Å². The van der Waals surface area contributed by atoms with E-state index in [-0.39, 0.29) is 0 Å². The zero-order valence-electron chi connectivity index (χ0n) is 11.6. The molecule has 0 amide bonds. The van der Waals surface area contributed by atoms with E-state index < -0.39 is 0 Å². The van der Waals surface area contributed by atoms with Crippen molar-refractivity contribution in [3.8, 4) is 11.1 Å². The molecule has 1 aliphatic rings. The van der Waals surface area contributed by atoms with E-state index in [4.69, 9.17) is 11.6 Å². The van der Waals surface area contributed by atoms with E-state index in [0.29, 0.717) is 0 Å². The minimum Gasteiger partial charge on any atom is -0.317 e. The van der Waals surface area contributed by atoms with Crippen LogP contribution in [0, 0.1) is 5.92 Å². The van der Waals surface area contributed by atoms with Gasteiger partial charge in [-0.2, -0.15) is 0 Å². The summed E-state index contributed by atoms with van der Waals surface area (Å²) in [6.07, 6.45) is 3.71. The van der Waals surface area contributed by atoms with Crippen molar-refractivity contribution in [3.63, 3.8) is 0 Å². The van der Waals surface area contributed by atoms with Crippen LogP contribution in [0.3, 0.4) is 0 Å². The number of hydrogen-bond acceptors (Lipinski definition) is 1. The van der Waals surface area contributed by atoms with Crippen molar-refractivity contribution in [2.24, 2.45) is 5.92 Å². The van der Waals surface area contributed by atoms with Gasteiger partial charge in [-0.15, -0.1) is 0 Å². The third-order valence-electron chi connectivity index (χ3n) is 4.15. The Morgan fingerprint density at radius 3 is 2.30 bits per heavy atom. The summed E-state index contributed by atoms with van der Waals surface area (Å²) in [5, 5.41) is 4.27. The predicted molar refractivity (Wildman–Crippen MR) is 86.2 cm³/mol. The van der Waals surface area contributed by atoms with Crippen LogP contribution in [0.25, 0.3) is 11.1 Å². The number of nitrogens with one attached hydrogen (secondary N) is 1. The van der Waals surface area contributed by atoms with Gasteiger partial charge in [0.05, 0.1) is 0 Å². The standard InChI is InChI=1S/C18H20ClN/c19-18-8-4-3-7-17(18)16-6-2-1-5-15(16)13-14-9-11-20-12-10-14/h1-8,14,20H,9-13H2. The van der Waals surface area contributed by atoms with Gasteiger partial charge in [-0.1, -0.05) is 54.1 Å². The molecular formula is C18H20ClN. The molecule has 1 N–H and O–H groups in total. The van der Waals surface area contributed by atoms with Crippen LogP contribution in [0.2, 0.25) is 5.02 Å². The lowest BCUT2D eigenvalue weighted by Gasteiger charge is -2.23. The summed E-state index contributed by atoms with van der Waals surface area (Å²) in [6.45, 7) is 2.30. The maximum absolute atomic E-state index is 6.36. The molecule has 0 aromatic heterocycles. The Morgan fingerprint density at radius 2 is 1.55 bits per heavy atom. The number of piperidine rings is 1. The average Bonchev–Trinajstić information content (AvgIpc) is 2.50. The summed E-state index contributed by atoms with van der Waals surface area (Å²) < 4.78 is 0. The predicted octanol–water partition coefficient (Wildman–Crippen LogP) is 4.55. The Hall–Kier alpha value is -1.31. The molecule has 2 aromatic carbocycles. The number of halogens is 1. The van der Waals surface area contributed by atoms with Gasteiger partial charge in [-0.05, 0) is 55.5 Å². The normalized spacial score (nSPS) is 16.2. The summed E-state index contributed by atoms with van der Waals surface area (Å²) in [5.41, 5.74) is 3.86. The van der Waals surface area contributed by atoms with E-state index in [2.05, 4.69) is 41.7 Å². The molecule has 0 bridgehead atoms. The maximum Gasteiger partial charge on any atom is 0.0484 e. The maximum atomic E-state index is 6.36. The van der Waals surface area contributed by atoms with Crippen LogP contribution in [0.1, 0.15) is 18.4 Å². The smallest absolute Gasteiger partial charge is 0.0484 e. The first-order valence-corrected chi connectivity index (χ1v) is 7.76. The Bertz CT molecular complexity index is 573. The highest BCUT2D eigenvalue weighted by Crippen LogP contribution is 2.32. The second kappa shape index (κ2) is 6.43. The summed E-state index contributed by atoms with van der Waals surface area (Å²) >= 11 is 6.36. The van der Waals surface area contributed by atoms with Gasteiger partial charge in [-0.25, -0.2) is 0 Å². The molecule has 0 spiro atoms. The molecule has 2 aromatic rings. The van der Waals surface area contributed by atoms with E-state index in [9.17, 15) is 0 Å². The van der Waals surface area contributed by atoms with Crippen LogP contribution in [0.4, 0.5) is 0 Å². The Balaban J connectivity index is 1.90. The monoisotopic (exact) mass is 285 g/mol. The van der Waals surface area contributed by atoms with E-state index in [1.165, 1.54) is 24.0 Å². The van der Waals surface area contributed by atoms with Crippen LogP contribution in [-0.2, 0) is 6.42 Å². The first kappa shape index (κ1) is 13.7. The molecule has 2 heteroatoms. The lowest BCUT2D eigenvalue weighted by atomic mass is 9.87. The first-order chi connectivity index (χ1) is 9.84. The van der Waals surface area contributed by atoms with Crippen molar-refractivity contribution in [2.45, 2.75) is 19.3 Å². The minimum atomic E-state index is 0.792. The molecule has 3 rings (SSSR count). The molecule has 1 fully saturated rings. The van der Waals surface area contributed by atoms with Gasteiger partial charge in [0.15, 0.2) is 0 Å². The largest absolute Gasteiger partial charge is 0.317 e. The van der Waals surface area contributed by atoms with Crippen LogP contribution < -0.4 is 5.32 Å². The second-order valence-electron chi connectivity index (χ2n) is 5.53. The molecule has 1 nitrogen and oxygen atoms in total. The molecule has 0 unspecified atom stereocenters. The van der Waals surface area contributed by atoms with Crippen LogP contribution in [-0.4, -0.2) is 13.1 Å². The summed E-state index contributed by atoms with van der Waals surface area (Å²) in [5.74, 6) is 0.792. The SMILES string of the molecule is Clc1ccccc1-c1ccccc1CC1CCNCC1. The molecule has 0 saturated carbocycles. The zero-order chi connectivity index (χ0) is 13.8. The highest BCUT2D eigenvalue weighted by Gasteiger charge is 2.16. The Morgan fingerprint density at radius 1 is 0.900 bits per heavy atom. The van der Waals surface area contributed by atoms with Gasteiger partial charge >= 0.3 is 0 Å². The summed E-state index contributed by atoms with van der Waals surface area (Å²) in [6, 6.07) is 16.8. The van der Waals surface area contributed by atoms with Crippen LogP contribution in [0.15, 0.2) is 48.5 Å². The van der Waals surface area contributed by atoms with Gasteiger partial charge < -0.3 is 5.32 Å². The molecule has 104 valence electrons. The third-order valence-corrected chi connectivity index (χ3v) is 4.48. The van der Waals surface area contributed by atoms with Crippen molar-refractivity contribution >= 4 is 11.6 Å². The topological polar surface area (TPSA) is 12.0 Å². The molecule has 1 saturated heterocycles. The summed E-state index contributed by atoms with van der Waals surface area (Å²) in [4.78, 5) is 0. The van der Waals surface area contributed by atoms with Crippen molar-refractivity contribution in [2.75, 3.05) is 13.1 Å². The fourth-order valence-electron chi connectivity index (χ4n) is 3.04. The molecule has 0 radical (unpaired) electrons. The lowest BCUT2D eigenvalue weighted by Crippen LogP contribution is -2.28. The zero-order valence-corrected chi connectivity index (χ0v) is 12.4.